The van der Waals surface area contributed by atoms with Crippen LogP contribution in [-0.4, -0.2) is 32.1 Å². The van der Waals surface area contributed by atoms with Crippen molar-refractivity contribution in [2.24, 2.45) is 5.73 Å². The number of carboxylic acids is 1. The lowest BCUT2D eigenvalue weighted by atomic mass is 10.1. The number of halogens is 1. The summed E-state index contributed by atoms with van der Waals surface area (Å²) in [4.78, 5) is 11.3. The zero-order chi connectivity index (χ0) is 18.4. The molecule has 0 saturated carbocycles. The van der Waals surface area contributed by atoms with Crippen LogP contribution in [0.4, 0.5) is 0 Å². The van der Waals surface area contributed by atoms with Crippen molar-refractivity contribution in [2.75, 3.05) is 6.54 Å². The number of hydrogen-bond donors (Lipinski definition) is 3. The maximum absolute atomic E-state index is 12.8. The highest BCUT2D eigenvalue weighted by Crippen LogP contribution is 2.30. The third-order valence-electron chi connectivity index (χ3n) is 3.61. The van der Waals surface area contributed by atoms with E-state index in [9.17, 15) is 18.3 Å². The molecule has 0 radical (unpaired) electrons. The lowest BCUT2D eigenvalue weighted by Crippen LogP contribution is -2.41. The average molecular weight is 383 g/mol. The summed E-state index contributed by atoms with van der Waals surface area (Å²) in [5.74, 6) is -1.25. The van der Waals surface area contributed by atoms with Gasteiger partial charge in [-0.2, -0.15) is 4.72 Å². The molecule has 0 aliphatic rings. The molecule has 1 atom stereocenters. The van der Waals surface area contributed by atoms with E-state index in [1.54, 1.807) is 36.4 Å². The number of rotatable bonds is 8. The topological polar surface area (TPSA) is 109 Å². The second kappa shape index (κ2) is 8.44. The van der Waals surface area contributed by atoms with Gasteiger partial charge in [-0.25, -0.2) is 8.42 Å². The summed E-state index contributed by atoms with van der Waals surface area (Å²) >= 11 is 5.97. The zero-order valence-electron chi connectivity index (χ0n) is 13.4. The Kier molecular flexibility index (Phi) is 6.55. The maximum Gasteiger partial charge on any atom is 0.321 e. The molecule has 0 heterocycles. The number of benzene rings is 2. The largest absolute Gasteiger partial charge is 0.480 e. The van der Waals surface area contributed by atoms with Crippen molar-refractivity contribution in [1.29, 1.82) is 0 Å². The Hall–Kier alpha value is -1.93. The Morgan fingerprint density at radius 1 is 1.20 bits per heavy atom. The van der Waals surface area contributed by atoms with Crippen molar-refractivity contribution in [1.82, 2.24) is 4.72 Å². The zero-order valence-corrected chi connectivity index (χ0v) is 14.9. The van der Waals surface area contributed by atoms with Crippen LogP contribution in [0.5, 0.6) is 0 Å². The normalized spacial score (nSPS) is 12.7. The van der Waals surface area contributed by atoms with Gasteiger partial charge >= 0.3 is 5.97 Å². The van der Waals surface area contributed by atoms with Crippen LogP contribution >= 0.6 is 11.6 Å². The van der Waals surface area contributed by atoms with Gasteiger partial charge in [-0.05, 0) is 37.1 Å². The first-order chi connectivity index (χ1) is 11.8. The molecular weight excluding hydrogens is 364 g/mol. The van der Waals surface area contributed by atoms with Crippen molar-refractivity contribution in [3.8, 4) is 11.1 Å². The molecular formula is C17H19ClN2O4S. The molecule has 0 unspecified atom stereocenters. The second-order valence-corrected chi connectivity index (χ2v) is 7.57. The minimum atomic E-state index is -4.09. The van der Waals surface area contributed by atoms with Crippen LogP contribution in [0.2, 0.25) is 5.02 Å². The van der Waals surface area contributed by atoms with E-state index in [-0.39, 0.29) is 22.9 Å². The molecule has 4 N–H and O–H groups in total. The highest BCUT2D eigenvalue weighted by atomic mass is 35.5. The van der Waals surface area contributed by atoms with Crippen LogP contribution in [0.25, 0.3) is 11.1 Å². The van der Waals surface area contributed by atoms with Gasteiger partial charge in [0, 0.05) is 10.6 Å². The molecule has 6 nitrogen and oxygen atoms in total. The molecule has 0 spiro atoms. The Balaban J connectivity index is 2.45. The molecule has 2 rings (SSSR count). The summed E-state index contributed by atoms with van der Waals surface area (Å²) < 4.78 is 27.8. The van der Waals surface area contributed by atoms with Gasteiger partial charge in [0.1, 0.15) is 6.04 Å². The van der Waals surface area contributed by atoms with Gasteiger partial charge < -0.3 is 10.8 Å². The lowest BCUT2D eigenvalue weighted by Gasteiger charge is -2.17. The summed E-state index contributed by atoms with van der Waals surface area (Å²) in [5, 5.41) is 9.50. The summed E-state index contributed by atoms with van der Waals surface area (Å²) in [6.45, 7) is 0.276. The number of hydrogen-bond acceptors (Lipinski definition) is 4. The van der Waals surface area contributed by atoms with Crippen molar-refractivity contribution < 1.29 is 18.3 Å². The van der Waals surface area contributed by atoms with Crippen LogP contribution in [0.1, 0.15) is 12.8 Å². The first-order valence-corrected chi connectivity index (χ1v) is 9.51. The fourth-order valence-corrected chi connectivity index (χ4v) is 4.09. The Morgan fingerprint density at radius 3 is 2.48 bits per heavy atom. The molecule has 2 aromatic rings. The number of sulfonamides is 1. The third kappa shape index (κ3) is 5.02. The molecule has 8 heteroatoms. The van der Waals surface area contributed by atoms with Crippen molar-refractivity contribution in [3.63, 3.8) is 0 Å². The minimum Gasteiger partial charge on any atom is -0.480 e. The van der Waals surface area contributed by atoms with E-state index in [0.717, 1.165) is 0 Å². The minimum absolute atomic E-state index is 0.0646. The predicted molar refractivity (Wildman–Crippen MR) is 96.9 cm³/mol. The van der Waals surface area contributed by atoms with Crippen molar-refractivity contribution in [3.05, 3.63) is 53.6 Å². The summed E-state index contributed by atoms with van der Waals surface area (Å²) in [6.07, 6.45) is 0.493. The van der Waals surface area contributed by atoms with Gasteiger partial charge in [0.25, 0.3) is 0 Å². The van der Waals surface area contributed by atoms with Gasteiger partial charge in [0.2, 0.25) is 10.0 Å². The molecule has 0 fully saturated rings. The molecule has 0 aromatic heterocycles. The molecule has 0 aliphatic heterocycles. The van der Waals surface area contributed by atoms with E-state index in [4.69, 9.17) is 17.3 Å². The van der Waals surface area contributed by atoms with Crippen LogP contribution < -0.4 is 10.5 Å². The summed E-state index contributed by atoms with van der Waals surface area (Å²) in [5.41, 5.74) is 6.52. The van der Waals surface area contributed by atoms with Gasteiger partial charge in [0.05, 0.1) is 4.90 Å². The SMILES string of the molecule is NCCC[C@@H](NS(=O)(=O)c1cc(Cl)ccc1-c1ccccc1)C(=O)O. The van der Waals surface area contributed by atoms with E-state index in [2.05, 4.69) is 4.72 Å². The first kappa shape index (κ1) is 19.4. The molecule has 0 amide bonds. The molecule has 0 bridgehead atoms. The number of nitrogens with two attached hydrogens (primary N) is 1. The number of aliphatic carboxylic acids is 1. The maximum atomic E-state index is 12.8. The van der Waals surface area contributed by atoms with Crippen LogP contribution in [-0.2, 0) is 14.8 Å². The molecule has 0 aliphatic carbocycles. The fraction of sp³-hybridized carbons (Fsp3) is 0.235. The van der Waals surface area contributed by atoms with E-state index in [1.165, 1.54) is 6.07 Å². The smallest absolute Gasteiger partial charge is 0.321 e. The van der Waals surface area contributed by atoms with E-state index in [1.807, 2.05) is 6.07 Å². The number of carbonyl (C=O) groups is 1. The Labute approximate surface area is 151 Å². The Morgan fingerprint density at radius 2 is 1.88 bits per heavy atom. The predicted octanol–water partition coefficient (Wildman–Crippen LogP) is 2.48. The van der Waals surface area contributed by atoms with E-state index < -0.39 is 22.0 Å². The summed E-state index contributed by atoms with van der Waals surface area (Å²) in [7, 11) is -4.09. The van der Waals surface area contributed by atoms with Crippen LogP contribution in [0.3, 0.4) is 0 Å². The molecule has 134 valence electrons. The van der Waals surface area contributed by atoms with E-state index in [0.29, 0.717) is 17.5 Å². The molecule has 2 aromatic carbocycles. The van der Waals surface area contributed by atoms with Gasteiger partial charge in [-0.1, -0.05) is 48.0 Å². The molecule has 25 heavy (non-hydrogen) atoms. The van der Waals surface area contributed by atoms with Gasteiger partial charge in [0.15, 0.2) is 0 Å². The third-order valence-corrected chi connectivity index (χ3v) is 5.36. The van der Waals surface area contributed by atoms with E-state index >= 15 is 0 Å². The average Bonchev–Trinajstić information content (AvgIpc) is 2.59. The molecule has 0 saturated heterocycles. The summed E-state index contributed by atoms with van der Waals surface area (Å²) in [6, 6.07) is 12.2. The monoisotopic (exact) mass is 382 g/mol. The van der Waals surface area contributed by atoms with Crippen molar-refractivity contribution in [2.45, 2.75) is 23.8 Å². The number of nitrogens with one attached hydrogen (secondary N) is 1. The fourth-order valence-electron chi connectivity index (χ4n) is 2.38. The van der Waals surface area contributed by atoms with Gasteiger partial charge in [-0.15, -0.1) is 0 Å². The van der Waals surface area contributed by atoms with Crippen LogP contribution in [0, 0.1) is 0 Å². The quantitative estimate of drug-likeness (QED) is 0.649. The number of carboxylic acid groups (broad SMARTS) is 1. The Bertz CT molecular complexity index is 841. The lowest BCUT2D eigenvalue weighted by molar-refractivity contribution is -0.139. The first-order valence-electron chi connectivity index (χ1n) is 7.65. The van der Waals surface area contributed by atoms with Crippen molar-refractivity contribution >= 4 is 27.6 Å². The highest BCUT2D eigenvalue weighted by molar-refractivity contribution is 7.89. The highest BCUT2D eigenvalue weighted by Gasteiger charge is 2.27. The van der Waals surface area contributed by atoms with Gasteiger partial charge in [-0.3, -0.25) is 4.79 Å². The van der Waals surface area contributed by atoms with Crippen LogP contribution in [0.15, 0.2) is 53.4 Å². The standard InChI is InChI=1S/C17H19ClN2O4S/c18-13-8-9-14(12-5-2-1-3-6-12)16(11-13)25(23,24)20-15(17(21)22)7-4-10-19/h1-3,5-6,8-9,11,15,20H,4,7,10,19H2,(H,21,22)/t15-/m1/s1. The second-order valence-electron chi connectivity index (χ2n) is 5.45.